The molecule has 0 unspecified atom stereocenters. The Kier molecular flexibility index (Phi) is 7.08. The van der Waals surface area contributed by atoms with Gasteiger partial charge in [0.15, 0.2) is 0 Å². The van der Waals surface area contributed by atoms with E-state index in [1.54, 1.807) is 12.5 Å². The second-order valence-electron chi connectivity index (χ2n) is 7.31. The predicted molar refractivity (Wildman–Crippen MR) is 112 cm³/mol. The fourth-order valence-corrected chi connectivity index (χ4v) is 3.06. The number of alkyl halides is 3. The number of aryl methyl sites for hydroxylation is 1. The standard InChI is InChI=1S/C19H22N6.C2HF3O2/c1-14-15(2)25(13-23-14)18-5-3-16(4-6-18)9-21-17-10-24(11-17)19-7-8-20-12-22-19;3-2(4,5)1(6)7/h3-8,12-13,17,21H,9-11H2,1-2H3;(H,6,7). The van der Waals surface area contributed by atoms with Crippen molar-refractivity contribution in [1.82, 2.24) is 24.8 Å². The number of aliphatic carboxylic acids is 1. The minimum absolute atomic E-state index is 0.508. The Morgan fingerprint density at radius 3 is 2.31 bits per heavy atom. The Labute approximate surface area is 182 Å². The van der Waals surface area contributed by atoms with Gasteiger partial charge in [-0.3, -0.25) is 0 Å². The molecule has 0 spiro atoms. The van der Waals surface area contributed by atoms with E-state index in [-0.39, 0.29) is 0 Å². The quantitative estimate of drug-likeness (QED) is 0.620. The zero-order valence-electron chi connectivity index (χ0n) is 17.5. The Morgan fingerprint density at radius 1 is 1.16 bits per heavy atom. The van der Waals surface area contributed by atoms with Gasteiger partial charge in [-0.2, -0.15) is 13.2 Å². The number of rotatable bonds is 5. The second kappa shape index (κ2) is 9.77. The predicted octanol–water partition coefficient (Wildman–Crippen LogP) is 2.89. The summed E-state index contributed by atoms with van der Waals surface area (Å²) in [5.41, 5.74) is 4.70. The molecule has 0 aliphatic carbocycles. The van der Waals surface area contributed by atoms with Crippen LogP contribution in [0.3, 0.4) is 0 Å². The molecule has 0 bridgehead atoms. The second-order valence-corrected chi connectivity index (χ2v) is 7.31. The normalized spacial score (nSPS) is 13.8. The highest BCUT2D eigenvalue weighted by atomic mass is 19.4. The molecule has 170 valence electrons. The van der Waals surface area contributed by atoms with Crippen LogP contribution in [-0.4, -0.2) is 55.9 Å². The Bertz CT molecular complexity index is 1030. The van der Waals surface area contributed by atoms with E-state index in [1.165, 1.54) is 11.3 Å². The molecule has 0 atom stereocenters. The molecule has 0 amide bonds. The first-order chi connectivity index (χ1) is 15.1. The van der Waals surface area contributed by atoms with Crippen molar-refractivity contribution < 1.29 is 23.1 Å². The van der Waals surface area contributed by atoms with Gasteiger partial charge in [0.1, 0.15) is 12.1 Å². The van der Waals surface area contributed by atoms with Crippen molar-refractivity contribution in [3.8, 4) is 5.69 Å². The number of benzene rings is 1. The summed E-state index contributed by atoms with van der Waals surface area (Å²) in [7, 11) is 0. The van der Waals surface area contributed by atoms with Crippen molar-refractivity contribution in [2.24, 2.45) is 0 Å². The minimum atomic E-state index is -5.08. The number of carboxylic acids is 1. The molecular weight excluding hydrogens is 425 g/mol. The number of carbonyl (C=O) groups is 1. The average molecular weight is 448 g/mol. The summed E-state index contributed by atoms with van der Waals surface area (Å²) in [6, 6.07) is 11.1. The summed E-state index contributed by atoms with van der Waals surface area (Å²) in [6.07, 6.45) is 0.184. The van der Waals surface area contributed by atoms with Gasteiger partial charge in [0.2, 0.25) is 0 Å². The summed E-state index contributed by atoms with van der Waals surface area (Å²) >= 11 is 0. The van der Waals surface area contributed by atoms with Crippen molar-refractivity contribution in [2.75, 3.05) is 18.0 Å². The van der Waals surface area contributed by atoms with E-state index in [1.807, 2.05) is 19.3 Å². The fraction of sp³-hybridized carbons (Fsp3) is 0.333. The lowest BCUT2D eigenvalue weighted by Crippen LogP contribution is -2.58. The van der Waals surface area contributed by atoms with Crippen LogP contribution in [0.5, 0.6) is 0 Å². The number of halogens is 3. The van der Waals surface area contributed by atoms with Crippen LogP contribution in [0.25, 0.3) is 5.69 Å². The van der Waals surface area contributed by atoms with Gasteiger partial charge in [-0.1, -0.05) is 12.1 Å². The Balaban J connectivity index is 0.000000360. The number of aromatic nitrogens is 4. The van der Waals surface area contributed by atoms with Crippen LogP contribution in [0.2, 0.25) is 0 Å². The molecule has 1 aliphatic heterocycles. The van der Waals surface area contributed by atoms with Crippen LogP contribution in [0.1, 0.15) is 17.0 Å². The molecule has 1 fully saturated rings. The molecule has 11 heteroatoms. The van der Waals surface area contributed by atoms with Gasteiger partial charge >= 0.3 is 12.1 Å². The summed E-state index contributed by atoms with van der Waals surface area (Å²) in [6.45, 7) is 6.99. The smallest absolute Gasteiger partial charge is 0.475 e. The molecule has 0 radical (unpaired) electrons. The molecule has 32 heavy (non-hydrogen) atoms. The topological polar surface area (TPSA) is 96.2 Å². The molecule has 8 nitrogen and oxygen atoms in total. The molecule has 0 saturated carbocycles. The van der Waals surface area contributed by atoms with Crippen molar-refractivity contribution in [3.05, 3.63) is 66.1 Å². The van der Waals surface area contributed by atoms with E-state index in [0.717, 1.165) is 36.8 Å². The highest BCUT2D eigenvalue weighted by Crippen LogP contribution is 2.18. The van der Waals surface area contributed by atoms with Gasteiger partial charge in [-0.25, -0.2) is 19.7 Å². The average Bonchev–Trinajstić information content (AvgIpc) is 3.06. The van der Waals surface area contributed by atoms with E-state index in [9.17, 15) is 13.2 Å². The summed E-state index contributed by atoms with van der Waals surface area (Å²) < 4.78 is 33.9. The van der Waals surface area contributed by atoms with Crippen LogP contribution >= 0.6 is 0 Å². The Morgan fingerprint density at radius 2 is 1.81 bits per heavy atom. The van der Waals surface area contributed by atoms with Crippen LogP contribution in [0, 0.1) is 13.8 Å². The molecule has 1 aliphatic rings. The van der Waals surface area contributed by atoms with Crippen LogP contribution in [0.15, 0.2) is 49.2 Å². The lowest BCUT2D eigenvalue weighted by Gasteiger charge is -2.40. The van der Waals surface area contributed by atoms with Crippen molar-refractivity contribution >= 4 is 11.8 Å². The Hall–Kier alpha value is -3.47. The SMILES string of the molecule is Cc1ncn(-c2ccc(CNC3CN(c4ccncn4)C3)cc2)c1C.O=C(O)C(F)(F)F. The first kappa shape index (κ1) is 23.2. The van der Waals surface area contributed by atoms with E-state index in [4.69, 9.17) is 9.90 Å². The zero-order valence-corrected chi connectivity index (χ0v) is 17.5. The maximum absolute atomic E-state index is 10.6. The molecule has 4 rings (SSSR count). The molecular formula is C21H23F3N6O2. The lowest BCUT2D eigenvalue weighted by molar-refractivity contribution is -0.192. The maximum atomic E-state index is 10.6. The van der Waals surface area contributed by atoms with Gasteiger partial charge in [-0.15, -0.1) is 0 Å². The third-order valence-electron chi connectivity index (χ3n) is 5.08. The zero-order chi connectivity index (χ0) is 23.3. The third-order valence-corrected chi connectivity index (χ3v) is 5.08. The molecule has 1 aromatic carbocycles. The highest BCUT2D eigenvalue weighted by Gasteiger charge is 2.38. The van der Waals surface area contributed by atoms with Crippen LogP contribution in [-0.2, 0) is 11.3 Å². The van der Waals surface area contributed by atoms with Crippen molar-refractivity contribution in [1.29, 1.82) is 0 Å². The number of imidazole rings is 1. The minimum Gasteiger partial charge on any atom is -0.475 e. The molecule has 3 heterocycles. The van der Waals surface area contributed by atoms with Crippen molar-refractivity contribution in [3.63, 3.8) is 0 Å². The number of carboxylic acid groups (broad SMARTS) is 1. The summed E-state index contributed by atoms with van der Waals surface area (Å²) in [4.78, 5) is 23.8. The van der Waals surface area contributed by atoms with Crippen molar-refractivity contribution in [2.45, 2.75) is 32.6 Å². The van der Waals surface area contributed by atoms with Gasteiger partial charge in [0.05, 0.1) is 12.0 Å². The van der Waals surface area contributed by atoms with Gasteiger partial charge in [-0.05, 0) is 37.6 Å². The first-order valence-electron chi connectivity index (χ1n) is 9.79. The number of nitrogens with zero attached hydrogens (tertiary/aromatic N) is 5. The summed E-state index contributed by atoms with van der Waals surface area (Å²) in [5.74, 6) is -1.75. The number of hydrogen-bond donors (Lipinski definition) is 2. The van der Waals surface area contributed by atoms with Gasteiger partial charge < -0.3 is 19.9 Å². The van der Waals surface area contributed by atoms with E-state index < -0.39 is 12.1 Å². The highest BCUT2D eigenvalue weighted by molar-refractivity contribution is 5.73. The van der Waals surface area contributed by atoms with Crippen LogP contribution < -0.4 is 10.2 Å². The van der Waals surface area contributed by atoms with Crippen LogP contribution in [0.4, 0.5) is 19.0 Å². The first-order valence-corrected chi connectivity index (χ1v) is 9.79. The van der Waals surface area contributed by atoms with E-state index >= 15 is 0 Å². The molecule has 3 aromatic rings. The monoisotopic (exact) mass is 448 g/mol. The number of nitrogens with one attached hydrogen (secondary N) is 1. The lowest BCUT2D eigenvalue weighted by atomic mass is 10.1. The van der Waals surface area contributed by atoms with E-state index in [0.29, 0.717) is 6.04 Å². The van der Waals surface area contributed by atoms with Gasteiger partial charge in [0.25, 0.3) is 0 Å². The maximum Gasteiger partial charge on any atom is 0.490 e. The molecule has 2 aromatic heterocycles. The number of anilines is 1. The third kappa shape index (κ3) is 5.82. The number of hydrogen-bond acceptors (Lipinski definition) is 6. The van der Waals surface area contributed by atoms with Gasteiger partial charge in [0, 0.05) is 43.3 Å². The largest absolute Gasteiger partial charge is 0.490 e. The van der Waals surface area contributed by atoms with E-state index in [2.05, 4.69) is 60.9 Å². The molecule has 2 N–H and O–H groups in total. The fourth-order valence-electron chi connectivity index (χ4n) is 3.06. The molecule has 1 saturated heterocycles. The summed E-state index contributed by atoms with van der Waals surface area (Å²) in [5, 5.41) is 10.7.